The Balaban J connectivity index is 3.10. The van der Waals surface area contributed by atoms with Crippen molar-refractivity contribution < 1.29 is 4.74 Å². The smallest absolute Gasteiger partial charge is 0.0518 e. The van der Waals surface area contributed by atoms with Crippen molar-refractivity contribution >= 4 is 0 Å². The van der Waals surface area contributed by atoms with Crippen molar-refractivity contribution in [2.75, 3.05) is 13.2 Å². The first-order valence-corrected chi connectivity index (χ1v) is 6.01. The second-order valence-corrected chi connectivity index (χ2v) is 4.27. The van der Waals surface area contributed by atoms with Crippen molar-refractivity contribution in [3.63, 3.8) is 0 Å². The molecule has 14 heavy (non-hydrogen) atoms. The van der Waals surface area contributed by atoms with E-state index in [2.05, 4.69) is 33.0 Å². The summed E-state index contributed by atoms with van der Waals surface area (Å²) in [5.41, 5.74) is 0. The van der Waals surface area contributed by atoms with Gasteiger partial charge in [0.15, 0.2) is 0 Å². The normalized spacial score (nSPS) is 13.5. The molecule has 0 radical (unpaired) electrons. The van der Waals surface area contributed by atoms with Crippen molar-refractivity contribution in [3.05, 3.63) is 0 Å². The number of unbranched alkanes of at least 4 members (excludes halogenated alkanes) is 1. The summed E-state index contributed by atoms with van der Waals surface area (Å²) in [4.78, 5) is 0. The average molecular weight is 201 g/mol. The molecule has 0 bridgehead atoms. The van der Waals surface area contributed by atoms with Crippen LogP contribution >= 0.6 is 0 Å². The van der Waals surface area contributed by atoms with Crippen molar-refractivity contribution in [1.82, 2.24) is 5.32 Å². The topological polar surface area (TPSA) is 21.3 Å². The molecule has 0 aromatic carbocycles. The molecule has 0 fully saturated rings. The maximum absolute atomic E-state index is 5.46. The lowest BCUT2D eigenvalue weighted by Crippen LogP contribution is -2.27. The van der Waals surface area contributed by atoms with Gasteiger partial charge in [0, 0.05) is 12.6 Å². The van der Waals surface area contributed by atoms with E-state index < -0.39 is 0 Å². The lowest BCUT2D eigenvalue weighted by atomic mass is 10.1. The molecule has 0 rings (SSSR count). The first-order chi connectivity index (χ1) is 6.66. The van der Waals surface area contributed by atoms with Gasteiger partial charge in [0.05, 0.1) is 6.10 Å². The largest absolute Gasteiger partial charge is 0.379 e. The molecule has 0 saturated carbocycles. The van der Waals surface area contributed by atoms with Crippen LogP contribution in [0.15, 0.2) is 0 Å². The molecule has 0 spiro atoms. The highest BCUT2D eigenvalue weighted by atomic mass is 16.5. The van der Waals surface area contributed by atoms with Crippen LogP contribution < -0.4 is 5.32 Å². The lowest BCUT2D eigenvalue weighted by molar-refractivity contribution is 0.0767. The summed E-state index contributed by atoms with van der Waals surface area (Å²) in [6.07, 6.45) is 5.41. The predicted molar refractivity (Wildman–Crippen MR) is 62.7 cm³/mol. The average Bonchev–Trinajstić information content (AvgIpc) is 2.13. The Morgan fingerprint density at radius 1 is 1.14 bits per heavy atom. The molecule has 0 aliphatic carbocycles. The highest BCUT2D eigenvalue weighted by Gasteiger charge is 1.99. The maximum atomic E-state index is 5.46. The Labute approximate surface area is 89.4 Å². The van der Waals surface area contributed by atoms with Gasteiger partial charge in [-0.15, -0.1) is 0 Å². The van der Waals surface area contributed by atoms with Crippen LogP contribution in [0.5, 0.6) is 0 Å². The molecule has 2 nitrogen and oxygen atoms in total. The number of rotatable bonds is 9. The summed E-state index contributed by atoms with van der Waals surface area (Å²) in [7, 11) is 0. The fourth-order valence-corrected chi connectivity index (χ4v) is 1.35. The van der Waals surface area contributed by atoms with Gasteiger partial charge in [-0.25, -0.2) is 0 Å². The Bertz CT molecular complexity index is 115. The molecular weight excluding hydrogens is 174 g/mol. The van der Waals surface area contributed by atoms with E-state index in [0.717, 1.165) is 19.6 Å². The third kappa shape index (κ3) is 10.0. The molecule has 0 heterocycles. The van der Waals surface area contributed by atoms with Gasteiger partial charge >= 0.3 is 0 Å². The van der Waals surface area contributed by atoms with Crippen molar-refractivity contribution in [2.24, 2.45) is 0 Å². The Kier molecular flexibility index (Phi) is 9.42. The van der Waals surface area contributed by atoms with E-state index in [1.165, 1.54) is 19.3 Å². The first-order valence-electron chi connectivity index (χ1n) is 6.01. The highest BCUT2D eigenvalue weighted by molar-refractivity contribution is 4.59. The van der Waals surface area contributed by atoms with Gasteiger partial charge < -0.3 is 10.1 Å². The quantitative estimate of drug-likeness (QED) is 0.579. The van der Waals surface area contributed by atoms with Crippen LogP contribution in [0.25, 0.3) is 0 Å². The highest BCUT2D eigenvalue weighted by Crippen LogP contribution is 1.99. The maximum Gasteiger partial charge on any atom is 0.0518 e. The van der Waals surface area contributed by atoms with Crippen LogP contribution in [0.3, 0.4) is 0 Å². The molecule has 0 aromatic heterocycles. The van der Waals surface area contributed by atoms with Crippen LogP contribution in [0.2, 0.25) is 0 Å². The molecule has 2 heteroatoms. The minimum Gasteiger partial charge on any atom is -0.379 e. The summed E-state index contributed by atoms with van der Waals surface area (Å²) in [5.74, 6) is 0. The Morgan fingerprint density at radius 3 is 2.43 bits per heavy atom. The van der Waals surface area contributed by atoms with Crippen LogP contribution in [0.4, 0.5) is 0 Å². The monoisotopic (exact) mass is 201 g/mol. The SMILES string of the molecule is CCCCC(C)NCCCOC(C)C. The molecule has 1 unspecified atom stereocenters. The summed E-state index contributed by atoms with van der Waals surface area (Å²) in [6, 6.07) is 0.661. The van der Waals surface area contributed by atoms with Crippen molar-refractivity contribution in [1.29, 1.82) is 0 Å². The van der Waals surface area contributed by atoms with E-state index in [-0.39, 0.29) is 0 Å². The molecule has 0 saturated heterocycles. The van der Waals surface area contributed by atoms with E-state index >= 15 is 0 Å². The fraction of sp³-hybridized carbons (Fsp3) is 1.00. The van der Waals surface area contributed by atoms with E-state index in [0.29, 0.717) is 12.1 Å². The summed E-state index contributed by atoms with van der Waals surface area (Å²) in [5, 5.41) is 3.51. The number of hydrogen-bond donors (Lipinski definition) is 1. The van der Waals surface area contributed by atoms with Crippen LogP contribution in [-0.2, 0) is 4.74 Å². The molecule has 0 amide bonds. The van der Waals surface area contributed by atoms with Gasteiger partial charge in [0.1, 0.15) is 0 Å². The minimum atomic E-state index is 0.368. The standard InChI is InChI=1S/C12H27NO/c1-5-6-8-12(4)13-9-7-10-14-11(2)3/h11-13H,5-10H2,1-4H3. The lowest BCUT2D eigenvalue weighted by Gasteiger charge is -2.13. The van der Waals surface area contributed by atoms with Gasteiger partial charge in [-0.05, 0) is 40.2 Å². The van der Waals surface area contributed by atoms with Gasteiger partial charge in [0.2, 0.25) is 0 Å². The zero-order valence-corrected chi connectivity index (χ0v) is 10.3. The minimum absolute atomic E-state index is 0.368. The van der Waals surface area contributed by atoms with E-state index in [1.54, 1.807) is 0 Å². The summed E-state index contributed by atoms with van der Waals surface area (Å²) < 4.78 is 5.46. The number of ether oxygens (including phenoxy) is 1. The van der Waals surface area contributed by atoms with Gasteiger partial charge in [-0.3, -0.25) is 0 Å². The molecule has 1 atom stereocenters. The molecule has 0 aliphatic heterocycles. The summed E-state index contributed by atoms with van der Waals surface area (Å²) >= 11 is 0. The number of hydrogen-bond acceptors (Lipinski definition) is 2. The second-order valence-electron chi connectivity index (χ2n) is 4.27. The van der Waals surface area contributed by atoms with E-state index in [4.69, 9.17) is 4.74 Å². The van der Waals surface area contributed by atoms with Crippen molar-refractivity contribution in [3.8, 4) is 0 Å². The zero-order chi connectivity index (χ0) is 10.8. The Hall–Kier alpha value is -0.0800. The van der Waals surface area contributed by atoms with Gasteiger partial charge in [-0.1, -0.05) is 19.8 Å². The third-order valence-electron chi connectivity index (χ3n) is 2.26. The van der Waals surface area contributed by atoms with Gasteiger partial charge in [-0.2, -0.15) is 0 Å². The zero-order valence-electron chi connectivity index (χ0n) is 10.3. The van der Waals surface area contributed by atoms with Crippen LogP contribution in [0, 0.1) is 0 Å². The first kappa shape index (κ1) is 13.9. The Morgan fingerprint density at radius 2 is 1.86 bits per heavy atom. The molecular formula is C12H27NO. The second kappa shape index (κ2) is 9.47. The summed E-state index contributed by atoms with van der Waals surface area (Å²) in [6.45, 7) is 10.6. The molecule has 86 valence electrons. The number of nitrogens with one attached hydrogen (secondary N) is 1. The van der Waals surface area contributed by atoms with Gasteiger partial charge in [0.25, 0.3) is 0 Å². The van der Waals surface area contributed by atoms with Crippen LogP contribution in [-0.4, -0.2) is 25.3 Å². The van der Waals surface area contributed by atoms with E-state index in [1.807, 2.05) is 0 Å². The van der Waals surface area contributed by atoms with E-state index in [9.17, 15) is 0 Å². The molecule has 0 aromatic rings. The third-order valence-corrected chi connectivity index (χ3v) is 2.26. The van der Waals surface area contributed by atoms with Crippen molar-refractivity contribution in [2.45, 2.75) is 65.5 Å². The molecule has 1 N–H and O–H groups in total. The molecule has 0 aliphatic rings. The fourth-order valence-electron chi connectivity index (χ4n) is 1.35. The predicted octanol–water partition coefficient (Wildman–Crippen LogP) is 2.97. The van der Waals surface area contributed by atoms with Crippen LogP contribution in [0.1, 0.15) is 53.4 Å².